The van der Waals surface area contributed by atoms with E-state index in [1.165, 1.54) is 23.9 Å². The monoisotopic (exact) mass is 448 g/mol. The molecular weight excluding hydrogens is 423 g/mol. The van der Waals surface area contributed by atoms with Crippen LogP contribution >= 0.6 is 11.8 Å². The first-order chi connectivity index (χ1) is 15.4. The van der Waals surface area contributed by atoms with Crippen molar-refractivity contribution in [1.29, 1.82) is 0 Å². The Morgan fingerprint density at radius 3 is 2.47 bits per heavy atom. The third kappa shape index (κ3) is 5.40. The quantitative estimate of drug-likeness (QED) is 0.269. The molecule has 1 saturated carbocycles. The minimum atomic E-state index is -0.248. The Bertz CT molecular complexity index is 1090. The number of esters is 1. The van der Waals surface area contributed by atoms with Crippen LogP contribution in [0.4, 0.5) is 4.39 Å². The molecule has 0 heterocycles. The SMILES string of the molecule is CC1(C)C(/C=C/Sc2ccc(F)cc2)C1C(=O)OCc1cccc(Oc2ccccc2)c1. The first kappa shape index (κ1) is 22.2. The minimum Gasteiger partial charge on any atom is -0.461 e. The highest BCUT2D eigenvalue weighted by Crippen LogP contribution is 2.59. The maximum atomic E-state index is 13.0. The summed E-state index contributed by atoms with van der Waals surface area (Å²) in [4.78, 5) is 13.7. The highest BCUT2D eigenvalue weighted by Gasteiger charge is 2.61. The molecule has 0 amide bonds. The highest BCUT2D eigenvalue weighted by molar-refractivity contribution is 8.02. The van der Waals surface area contributed by atoms with E-state index in [0.717, 1.165) is 16.2 Å². The molecule has 0 aromatic heterocycles. The van der Waals surface area contributed by atoms with E-state index in [1.54, 1.807) is 12.1 Å². The second kappa shape index (κ2) is 9.61. The zero-order valence-electron chi connectivity index (χ0n) is 18.0. The summed E-state index contributed by atoms with van der Waals surface area (Å²) >= 11 is 1.51. The topological polar surface area (TPSA) is 35.5 Å². The molecule has 5 heteroatoms. The Labute approximate surface area is 192 Å². The van der Waals surface area contributed by atoms with Crippen molar-refractivity contribution in [3.05, 3.63) is 102 Å². The number of halogens is 1. The molecule has 2 atom stereocenters. The fourth-order valence-electron chi connectivity index (χ4n) is 3.77. The Kier molecular flexibility index (Phi) is 6.66. The number of carbonyl (C=O) groups excluding carboxylic acids is 1. The standard InChI is InChI=1S/C27H25FO3S/c1-27(2)24(15-16-32-23-13-11-20(28)12-14-23)25(27)26(29)30-18-19-7-6-10-22(17-19)31-21-8-4-3-5-9-21/h3-17,24-25H,18H2,1-2H3/b16-15+. The summed E-state index contributed by atoms with van der Waals surface area (Å²) in [6, 6.07) is 23.5. The van der Waals surface area contributed by atoms with Crippen LogP contribution in [0.2, 0.25) is 0 Å². The average Bonchev–Trinajstić information content (AvgIpc) is 3.34. The van der Waals surface area contributed by atoms with Crippen molar-refractivity contribution in [2.75, 3.05) is 0 Å². The van der Waals surface area contributed by atoms with E-state index in [-0.39, 0.29) is 35.6 Å². The second-order valence-corrected chi connectivity index (χ2v) is 9.37. The van der Waals surface area contributed by atoms with Crippen LogP contribution in [0.15, 0.2) is 95.2 Å². The number of carbonyl (C=O) groups is 1. The lowest BCUT2D eigenvalue weighted by molar-refractivity contribution is -0.147. The molecule has 1 fully saturated rings. The summed E-state index contributed by atoms with van der Waals surface area (Å²) in [5.74, 6) is 0.976. The summed E-state index contributed by atoms with van der Waals surface area (Å²) in [6.45, 7) is 4.35. The van der Waals surface area contributed by atoms with Gasteiger partial charge in [0.2, 0.25) is 0 Å². The number of hydrogen-bond donors (Lipinski definition) is 0. The largest absolute Gasteiger partial charge is 0.461 e. The molecule has 0 N–H and O–H groups in total. The number of para-hydroxylation sites is 1. The summed E-state index contributed by atoms with van der Waals surface area (Å²) < 4.78 is 24.5. The minimum absolute atomic E-state index is 0.121. The van der Waals surface area contributed by atoms with Gasteiger partial charge in [-0.2, -0.15) is 0 Å². The maximum Gasteiger partial charge on any atom is 0.310 e. The molecule has 32 heavy (non-hydrogen) atoms. The summed E-state index contributed by atoms with van der Waals surface area (Å²) in [7, 11) is 0. The molecule has 0 bridgehead atoms. The number of allylic oxidation sites excluding steroid dienone is 1. The normalized spacial score (nSPS) is 19.0. The number of thioether (sulfide) groups is 1. The molecule has 0 spiro atoms. The Hall–Kier alpha value is -3.05. The van der Waals surface area contributed by atoms with Gasteiger partial charge in [0.25, 0.3) is 0 Å². The summed E-state index contributed by atoms with van der Waals surface area (Å²) in [6.07, 6.45) is 2.05. The van der Waals surface area contributed by atoms with Crippen molar-refractivity contribution < 1.29 is 18.7 Å². The van der Waals surface area contributed by atoms with Gasteiger partial charge < -0.3 is 9.47 Å². The first-order valence-electron chi connectivity index (χ1n) is 10.5. The van der Waals surface area contributed by atoms with Gasteiger partial charge in [0.1, 0.15) is 23.9 Å². The van der Waals surface area contributed by atoms with Crippen molar-refractivity contribution in [2.24, 2.45) is 17.3 Å². The van der Waals surface area contributed by atoms with Crippen LogP contribution in [0.1, 0.15) is 19.4 Å². The lowest BCUT2D eigenvalue weighted by Crippen LogP contribution is -2.10. The number of rotatable bonds is 8. The fraction of sp³-hybridized carbons (Fsp3) is 0.222. The van der Waals surface area contributed by atoms with Gasteiger partial charge in [-0.25, -0.2) is 4.39 Å². The molecule has 0 aliphatic heterocycles. The van der Waals surface area contributed by atoms with Crippen LogP contribution in [0, 0.1) is 23.1 Å². The zero-order valence-corrected chi connectivity index (χ0v) is 18.8. The lowest BCUT2D eigenvalue weighted by Gasteiger charge is -2.09. The van der Waals surface area contributed by atoms with Gasteiger partial charge in [-0.3, -0.25) is 4.79 Å². The third-order valence-electron chi connectivity index (χ3n) is 5.73. The molecule has 4 rings (SSSR count). The van der Waals surface area contributed by atoms with Crippen molar-refractivity contribution in [1.82, 2.24) is 0 Å². The molecule has 1 aliphatic carbocycles. The van der Waals surface area contributed by atoms with E-state index < -0.39 is 0 Å². The van der Waals surface area contributed by atoms with Crippen LogP contribution in [-0.4, -0.2) is 5.97 Å². The van der Waals surface area contributed by atoms with Gasteiger partial charge in [0, 0.05) is 4.90 Å². The first-order valence-corrected chi connectivity index (χ1v) is 11.4. The van der Waals surface area contributed by atoms with Gasteiger partial charge in [-0.15, -0.1) is 0 Å². The van der Waals surface area contributed by atoms with Crippen LogP contribution in [0.3, 0.4) is 0 Å². The van der Waals surface area contributed by atoms with Crippen LogP contribution in [-0.2, 0) is 16.1 Å². The van der Waals surface area contributed by atoms with Crippen molar-refractivity contribution in [3.8, 4) is 11.5 Å². The van der Waals surface area contributed by atoms with Crippen molar-refractivity contribution in [2.45, 2.75) is 25.3 Å². The van der Waals surface area contributed by atoms with E-state index in [9.17, 15) is 9.18 Å². The predicted molar refractivity (Wildman–Crippen MR) is 125 cm³/mol. The molecule has 164 valence electrons. The van der Waals surface area contributed by atoms with Gasteiger partial charge >= 0.3 is 5.97 Å². The van der Waals surface area contributed by atoms with E-state index in [4.69, 9.17) is 9.47 Å². The predicted octanol–water partition coefficient (Wildman–Crippen LogP) is 7.24. The Morgan fingerprint density at radius 1 is 1.00 bits per heavy atom. The Balaban J connectivity index is 1.30. The van der Waals surface area contributed by atoms with Crippen LogP contribution in [0.25, 0.3) is 0 Å². The Morgan fingerprint density at radius 2 is 1.72 bits per heavy atom. The third-order valence-corrected chi connectivity index (χ3v) is 6.56. The van der Waals surface area contributed by atoms with E-state index >= 15 is 0 Å². The lowest BCUT2D eigenvalue weighted by atomic mass is 10.1. The molecule has 1 aliphatic rings. The zero-order chi connectivity index (χ0) is 22.6. The second-order valence-electron chi connectivity index (χ2n) is 8.40. The van der Waals surface area contributed by atoms with Gasteiger partial charge in [0.15, 0.2) is 0 Å². The van der Waals surface area contributed by atoms with Gasteiger partial charge in [-0.1, -0.05) is 62.0 Å². The van der Waals surface area contributed by atoms with Gasteiger partial charge in [0.05, 0.1) is 5.92 Å². The molecule has 3 aromatic rings. The average molecular weight is 449 g/mol. The van der Waals surface area contributed by atoms with Crippen molar-refractivity contribution in [3.63, 3.8) is 0 Å². The molecule has 3 nitrogen and oxygen atoms in total. The number of benzene rings is 3. The van der Waals surface area contributed by atoms with Crippen LogP contribution in [0.5, 0.6) is 11.5 Å². The maximum absolute atomic E-state index is 13.0. The van der Waals surface area contributed by atoms with E-state index in [1.807, 2.05) is 66.1 Å². The van der Waals surface area contributed by atoms with Crippen LogP contribution < -0.4 is 4.74 Å². The molecule has 0 radical (unpaired) electrons. The highest BCUT2D eigenvalue weighted by atomic mass is 32.2. The molecule has 2 unspecified atom stereocenters. The smallest absolute Gasteiger partial charge is 0.310 e. The molecular formula is C27H25FO3S. The van der Waals surface area contributed by atoms with E-state index in [2.05, 4.69) is 13.8 Å². The van der Waals surface area contributed by atoms with Gasteiger partial charge in [-0.05, 0) is 70.8 Å². The molecule has 3 aromatic carbocycles. The van der Waals surface area contributed by atoms with E-state index in [0.29, 0.717) is 5.75 Å². The molecule has 0 saturated heterocycles. The number of ether oxygens (including phenoxy) is 2. The summed E-state index contributed by atoms with van der Waals surface area (Å²) in [5.41, 5.74) is 0.735. The fourth-order valence-corrected chi connectivity index (χ4v) is 4.47. The van der Waals surface area contributed by atoms with Crippen molar-refractivity contribution >= 4 is 17.7 Å². The summed E-state index contributed by atoms with van der Waals surface area (Å²) in [5, 5.41) is 1.97. The number of hydrogen-bond acceptors (Lipinski definition) is 4.